The second-order valence-corrected chi connectivity index (χ2v) is 3.25. The van der Waals surface area contributed by atoms with E-state index in [-0.39, 0.29) is 0 Å². The van der Waals surface area contributed by atoms with Gasteiger partial charge in [0, 0.05) is 0 Å². The fraction of sp³-hybridized carbons (Fsp3) is 0.364. The molecule has 2 nitrogen and oxygen atoms in total. The highest BCUT2D eigenvalue weighted by Crippen LogP contribution is 2.24. The fourth-order valence-electron chi connectivity index (χ4n) is 1.39. The third-order valence-electron chi connectivity index (χ3n) is 1.94. The minimum absolute atomic E-state index is 0.439. The van der Waals surface area contributed by atoms with E-state index < -0.39 is 13.0 Å². The molecule has 1 aromatic rings. The van der Waals surface area contributed by atoms with Crippen molar-refractivity contribution in [2.75, 3.05) is 6.61 Å². The molecule has 0 spiro atoms. The Bertz CT molecular complexity index is 373. The summed E-state index contributed by atoms with van der Waals surface area (Å²) in [6.07, 6.45) is -2.49. The van der Waals surface area contributed by atoms with Gasteiger partial charge in [-0.25, -0.2) is 8.78 Å². The number of aryl methyl sites for hydroxylation is 2. The van der Waals surface area contributed by atoms with Gasteiger partial charge in [0.1, 0.15) is 12.4 Å². The van der Waals surface area contributed by atoms with Crippen molar-refractivity contribution in [1.29, 1.82) is 5.26 Å². The first-order valence-corrected chi connectivity index (χ1v) is 4.47. The lowest BCUT2D eigenvalue weighted by Gasteiger charge is -2.11. The van der Waals surface area contributed by atoms with Gasteiger partial charge in [-0.15, -0.1) is 0 Å². The molecule has 0 bridgehead atoms. The van der Waals surface area contributed by atoms with Crippen LogP contribution in [0.5, 0.6) is 5.75 Å². The molecule has 0 fully saturated rings. The second kappa shape index (κ2) is 4.74. The first-order valence-electron chi connectivity index (χ1n) is 4.47. The standard InChI is InChI=1S/C11H11F2NO/c1-7-3-9(5-14)4-8(2)11(7)15-6-10(12)13/h3-4,10H,6H2,1-2H3. The van der Waals surface area contributed by atoms with Crippen molar-refractivity contribution in [2.45, 2.75) is 20.3 Å². The highest BCUT2D eigenvalue weighted by molar-refractivity contribution is 5.47. The molecule has 0 N–H and O–H groups in total. The highest BCUT2D eigenvalue weighted by Gasteiger charge is 2.09. The maximum absolute atomic E-state index is 12.0. The van der Waals surface area contributed by atoms with Crippen LogP contribution in [0.2, 0.25) is 0 Å². The molecule has 4 heteroatoms. The van der Waals surface area contributed by atoms with E-state index in [2.05, 4.69) is 0 Å². The van der Waals surface area contributed by atoms with Crippen molar-refractivity contribution in [1.82, 2.24) is 0 Å². The predicted molar refractivity (Wildman–Crippen MR) is 52.1 cm³/mol. The van der Waals surface area contributed by atoms with Crippen molar-refractivity contribution >= 4 is 0 Å². The zero-order valence-electron chi connectivity index (χ0n) is 8.55. The second-order valence-electron chi connectivity index (χ2n) is 3.25. The quantitative estimate of drug-likeness (QED) is 0.770. The Labute approximate surface area is 87.1 Å². The van der Waals surface area contributed by atoms with Gasteiger partial charge in [-0.2, -0.15) is 5.26 Å². The molecular weight excluding hydrogens is 200 g/mol. The summed E-state index contributed by atoms with van der Waals surface area (Å²) in [5.41, 5.74) is 1.91. The van der Waals surface area contributed by atoms with Crippen molar-refractivity contribution < 1.29 is 13.5 Å². The zero-order valence-corrected chi connectivity index (χ0v) is 8.55. The molecule has 0 aliphatic rings. The summed E-state index contributed by atoms with van der Waals surface area (Å²) in [6.45, 7) is 2.84. The Morgan fingerprint density at radius 2 is 1.87 bits per heavy atom. The van der Waals surface area contributed by atoms with E-state index in [9.17, 15) is 8.78 Å². The number of hydrogen-bond donors (Lipinski definition) is 0. The molecule has 0 aromatic heterocycles. The molecule has 15 heavy (non-hydrogen) atoms. The van der Waals surface area contributed by atoms with Crippen LogP contribution in [-0.2, 0) is 0 Å². The Balaban J connectivity index is 2.94. The lowest BCUT2D eigenvalue weighted by molar-refractivity contribution is 0.0812. The van der Waals surface area contributed by atoms with Gasteiger partial charge in [-0.1, -0.05) is 0 Å². The van der Waals surface area contributed by atoms with Crippen LogP contribution in [0.15, 0.2) is 12.1 Å². The summed E-state index contributed by atoms with van der Waals surface area (Å²) in [5, 5.41) is 8.68. The summed E-state index contributed by atoms with van der Waals surface area (Å²) in [4.78, 5) is 0. The SMILES string of the molecule is Cc1cc(C#N)cc(C)c1OCC(F)F. The number of hydrogen-bond acceptors (Lipinski definition) is 2. The third-order valence-corrected chi connectivity index (χ3v) is 1.94. The normalized spacial score (nSPS) is 10.1. The molecule has 0 unspecified atom stereocenters. The van der Waals surface area contributed by atoms with Gasteiger partial charge in [0.2, 0.25) is 0 Å². The Morgan fingerprint density at radius 3 is 2.27 bits per heavy atom. The van der Waals surface area contributed by atoms with Crippen LogP contribution < -0.4 is 4.74 Å². The van der Waals surface area contributed by atoms with Crippen molar-refractivity contribution in [3.63, 3.8) is 0 Å². The number of benzene rings is 1. The fourth-order valence-corrected chi connectivity index (χ4v) is 1.39. The maximum atomic E-state index is 12.0. The first kappa shape index (κ1) is 11.4. The van der Waals surface area contributed by atoms with Crippen LogP contribution in [0.3, 0.4) is 0 Å². The Morgan fingerprint density at radius 1 is 1.33 bits per heavy atom. The summed E-state index contributed by atoms with van der Waals surface area (Å²) < 4.78 is 28.9. The first-order chi connectivity index (χ1) is 7.04. The van der Waals surface area contributed by atoms with E-state index >= 15 is 0 Å². The lowest BCUT2D eigenvalue weighted by Crippen LogP contribution is -2.08. The minimum Gasteiger partial charge on any atom is -0.487 e. The summed E-state index contributed by atoms with van der Waals surface area (Å²) in [7, 11) is 0. The average molecular weight is 211 g/mol. The largest absolute Gasteiger partial charge is 0.487 e. The van der Waals surface area contributed by atoms with Crippen molar-refractivity contribution in [3.05, 3.63) is 28.8 Å². The summed E-state index contributed by atoms with van der Waals surface area (Å²) in [5.74, 6) is 0.439. The van der Waals surface area contributed by atoms with Gasteiger partial charge in [0.05, 0.1) is 11.6 Å². The summed E-state index contributed by atoms with van der Waals surface area (Å²) in [6, 6.07) is 5.23. The van der Waals surface area contributed by atoms with Crippen molar-refractivity contribution in [2.24, 2.45) is 0 Å². The van der Waals surface area contributed by atoms with Gasteiger partial charge in [0.25, 0.3) is 6.43 Å². The molecule has 0 heterocycles. The smallest absolute Gasteiger partial charge is 0.272 e. The number of nitrogens with zero attached hydrogens (tertiary/aromatic N) is 1. The van der Waals surface area contributed by atoms with Gasteiger partial charge in [0.15, 0.2) is 0 Å². The average Bonchev–Trinajstić information content (AvgIpc) is 2.15. The molecule has 0 saturated heterocycles. The Kier molecular flexibility index (Phi) is 3.62. The number of alkyl halides is 2. The lowest BCUT2D eigenvalue weighted by atomic mass is 10.1. The van der Waals surface area contributed by atoms with Crippen LogP contribution >= 0.6 is 0 Å². The molecule has 0 aliphatic carbocycles. The molecule has 0 amide bonds. The molecule has 1 rings (SSSR count). The third kappa shape index (κ3) is 2.91. The number of halogens is 2. The molecule has 1 aromatic carbocycles. The van der Waals surface area contributed by atoms with E-state index in [1.807, 2.05) is 6.07 Å². The summed E-state index contributed by atoms with van der Waals surface area (Å²) >= 11 is 0. The van der Waals surface area contributed by atoms with Gasteiger partial charge in [-0.05, 0) is 37.1 Å². The minimum atomic E-state index is -2.49. The zero-order chi connectivity index (χ0) is 11.4. The van der Waals surface area contributed by atoms with Crippen LogP contribution in [0.4, 0.5) is 8.78 Å². The molecule has 0 radical (unpaired) electrons. The Hall–Kier alpha value is -1.63. The van der Waals surface area contributed by atoms with E-state index in [4.69, 9.17) is 10.00 Å². The molecule has 0 saturated carbocycles. The molecule has 80 valence electrons. The molecular formula is C11H11F2NO. The van der Waals surface area contributed by atoms with E-state index in [0.717, 1.165) is 0 Å². The van der Waals surface area contributed by atoms with Crippen LogP contribution in [0.25, 0.3) is 0 Å². The molecule has 0 atom stereocenters. The number of ether oxygens (including phenoxy) is 1. The number of nitriles is 1. The van der Waals surface area contributed by atoms with E-state index in [1.54, 1.807) is 26.0 Å². The van der Waals surface area contributed by atoms with Crippen LogP contribution in [0, 0.1) is 25.2 Å². The predicted octanol–water partition coefficient (Wildman–Crippen LogP) is 2.82. The van der Waals surface area contributed by atoms with E-state index in [1.165, 1.54) is 0 Å². The van der Waals surface area contributed by atoms with Gasteiger partial charge >= 0.3 is 0 Å². The van der Waals surface area contributed by atoms with E-state index in [0.29, 0.717) is 22.4 Å². The van der Waals surface area contributed by atoms with Crippen LogP contribution in [0.1, 0.15) is 16.7 Å². The molecule has 0 aliphatic heterocycles. The number of rotatable bonds is 3. The topological polar surface area (TPSA) is 33.0 Å². The van der Waals surface area contributed by atoms with Crippen LogP contribution in [-0.4, -0.2) is 13.0 Å². The highest BCUT2D eigenvalue weighted by atomic mass is 19.3. The monoisotopic (exact) mass is 211 g/mol. The maximum Gasteiger partial charge on any atom is 0.272 e. The van der Waals surface area contributed by atoms with Gasteiger partial charge in [-0.3, -0.25) is 0 Å². The van der Waals surface area contributed by atoms with Gasteiger partial charge < -0.3 is 4.74 Å². The van der Waals surface area contributed by atoms with Crippen molar-refractivity contribution in [3.8, 4) is 11.8 Å².